The monoisotopic (exact) mass is 347 g/mol. The van der Waals surface area contributed by atoms with E-state index < -0.39 is 24.9 Å². The molecule has 1 aromatic rings. The van der Waals surface area contributed by atoms with Crippen LogP contribution in [0.1, 0.15) is 18.4 Å². The summed E-state index contributed by atoms with van der Waals surface area (Å²) in [7, 11) is 0. The number of carbonyl (C=O) groups excluding carboxylic acids is 2. The predicted molar refractivity (Wildman–Crippen MR) is 85.8 cm³/mol. The van der Waals surface area contributed by atoms with Crippen LogP contribution in [0.2, 0.25) is 0 Å². The minimum Gasteiger partial charge on any atom is -0.350 e. The van der Waals surface area contributed by atoms with Crippen LogP contribution in [0.15, 0.2) is 24.3 Å². The quantitative estimate of drug-likeness (QED) is 0.732. The largest absolute Gasteiger partial charge is 0.350 e. The first-order valence-corrected chi connectivity index (χ1v) is 7.14. The zero-order chi connectivity index (χ0) is 16.2. The first-order chi connectivity index (χ1) is 10.4. The zero-order valence-corrected chi connectivity index (χ0v) is 13.3. The smallest absolute Gasteiger partial charge is 0.277 e. The molecule has 128 valence electrons. The van der Waals surface area contributed by atoms with E-state index in [0.29, 0.717) is 12.8 Å². The highest BCUT2D eigenvalue weighted by atomic mass is 35.5. The van der Waals surface area contributed by atoms with Gasteiger partial charge in [0.1, 0.15) is 0 Å². The summed E-state index contributed by atoms with van der Waals surface area (Å²) in [5.41, 5.74) is 6.70. The van der Waals surface area contributed by atoms with Crippen molar-refractivity contribution >= 4 is 29.9 Å². The maximum atomic E-state index is 12.9. The Morgan fingerprint density at radius 2 is 2.09 bits per heavy atom. The van der Waals surface area contributed by atoms with E-state index in [9.17, 15) is 18.4 Å². The number of amides is 2. The number of alkyl halides is 2. The molecule has 0 aliphatic carbocycles. The molecular weight excluding hydrogens is 328 g/mol. The van der Waals surface area contributed by atoms with E-state index in [4.69, 9.17) is 5.73 Å². The van der Waals surface area contributed by atoms with Gasteiger partial charge in [-0.05, 0) is 24.5 Å². The molecule has 1 aliphatic heterocycles. The van der Waals surface area contributed by atoms with Crippen LogP contribution in [-0.2, 0) is 16.0 Å². The predicted octanol–water partition coefficient (Wildman–Crippen LogP) is 1.71. The fraction of sp³-hybridized carbons (Fsp3) is 0.467. The van der Waals surface area contributed by atoms with Gasteiger partial charge in [-0.25, -0.2) is 8.78 Å². The lowest BCUT2D eigenvalue weighted by molar-refractivity contribution is -0.124. The van der Waals surface area contributed by atoms with E-state index in [1.165, 1.54) is 0 Å². The molecule has 0 fully saturated rings. The summed E-state index contributed by atoms with van der Waals surface area (Å²) < 4.78 is 25.9. The summed E-state index contributed by atoms with van der Waals surface area (Å²) in [6.07, 6.45) is 0.898. The molecule has 8 heteroatoms. The Bertz CT molecular complexity index is 569. The van der Waals surface area contributed by atoms with Crippen LogP contribution in [0.4, 0.5) is 14.5 Å². The van der Waals surface area contributed by atoms with Crippen molar-refractivity contribution in [3.8, 4) is 0 Å². The Hall–Kier alpha value is -1.73. The number of hydrogen-bond acceptors (Lipinski definition) is 3. The van der Waals surface area contributed by atoms with E-state index in [1.54, 1.807) is 0 Å². The van der Waals surface area contributed by atoms with Gasteiger partial charge in [-0.2, -0.15) is 0 Å². The summed E-state index contributed by atoms with van der Waals surface area (Å²) in [5, 5.41) is 4.94. The van der Waals surface area contributed by atoms with Gasteiger partial charge < -0.3 is 16.4 Å². The fourth-order valence-corrected chi connectivity index (χ4v) is 2.34. The number of fused-ring (bicyclic) bond motifs is 1. The van der Waals surface area contributed by atoms with Gasteiger partial charge in [0.05, 0.1) is 13.1 Å². The Labute approximate surface area is 139 Å². The molecular formula is C15H20ClF2N3O2. The lowest BCUT2D eigenvalue weighted by Gasteiger charge is -2.24. The SMILES string of the molecule is Cl.NCC(F)(F)CNC(=O)CCC1Cc2ccccc2NC1=O. The van der Waals surface area contributed by atoms with Crippen molar-refractivity contribution in [2.24, 2.45) is 11.7 Å². The van der Waals surface area contributed by atoms with Gasteiger partial charge in [-0.1, -0.05) is 18.2 Å². The minimum atomic E-state index is -3.10. The van der Waals surface area contributed by atoms with E-state index in [-0.39, 0.29) is 30.7 Å². The van der Waals surface area contributed by atoms with Crippen LogP contribution >= 0.6 is 12.4 Å². The first-order valence-electron chi connectivity index (χ1n) is 7.14. The number of nitrogens with one attached hydrogen (secondary N) is 2. The second-order valence-electron chi connectivity index (χ2n) is 5.42. The molecule has 1 aromatic carbocycles. The lowest BCUT2D eigenvalue weighted by Crippen LogP contribution is -2.41. The van der Waals surface area contributed by atoms with Crippen molar-refractivity contribution < 1.29 is 18.4 Å². The van der Waals surface area contributed by atoms with Crippen LogP contribution in [0, 0.1) is 5.92 Å². The first kappa shape index (κ1) is 19.3. The van der Waals surface area contributed by atoms with Crippen molar-refractivity contribution in [1.29, 1.82) is 0 Å². The Morgan fingerprint density at radius 1 is 1.39 bits per heavy atom. The molecule has 1 unspecified atom stereocenters. The average molecular weight is 348 g/mol. The molecule has 1 atom stereocenters. The number of benzene rings is 1. The standard InChI is InChI=1S/C15H19F2N3O2.ClH/c16-15(17,8-18)9-19-13(21)6-5-11-7-10-3-1-2-4-12(10)20-14(11)22;/h1-4,11H,5-9,18H2,(H,19,21)(H,20,22);1H. The van der Waals surface area contributed by atoms with E-state index in [1.807, 2.05) is 24.3 Å². The molecule has 0 spiro atoms. The molecule has 0 saturated carbocycles. The molecule has 1 heterocycles. The Kier molecular flexibility index (Phi) is 6.90. The summed E-state index contributed by atoms with van der Waals surface area (Å²) in [6, 6.07) is 7.47. The number of hydrogen-bond donors (Lipinski definition) is 3. The van der Waals surface area contributed by atoms with Crippen molar-refractivity contribution in [2.75, 3.05) is 18.4 Å². The van der Waals surface area contributed by atoms with Crippen molar-refractivity contribution in [1.82, 2.24) is 5.32 Å². The third-order valence-electron chi connectivity index (χ3n) is 3.68. The normalized spacial score (nSPS) is 16.8. The molecule has 0 saturated heterocycles. The molecule has 1 aliphatic rings. The summed E-state index contributed by atoms with van der Waals surface area (Å²) in [6.45, 7) is -1.59. The van der Waals surface area contributed by atoms with Crippen LogP contribution in [0.3, 0.4) is 0 Å². The van der Waals surface area contributed by atoms with E-state index >= 15 is 0 Å². The van der Waals surface area contributed by atoms with Crippen molar-refractivity contribution in [3.63, 3.8) is 0 Å². The average Bonchev–Trinajstić information content (AvgIpc) is 2.51. The molecule has 5 nitrogen and oxygen atoms in total. The van der Waals surface area contributed by atoms with Gasteiger partial charge in [0.15, 0.2) is 0 Å². The molecule has 23 heavy (non-hydrogen) atoms. The fourth-order valence-electron chi connectivity index (χ4n) is 2.34. The molecule has 0 radical (unpaired) electrons. The maximum Gasteiger partial charge on any atom is 0.277 e. The minimum absolute atomic E-state index is 0. The topological polar surface area (TPSA) is 84.2 Å². The van der Waals surface area contributed by atoms with Crippen LogP contribution in [0.25, 0.3) is 0 Å². The van der Waals surface area contributed by atoms with E-state index in [2.05, 4.69) is 10.6 Å². The molecule has 0 bridgehead atoms. The van der Waals surface area contributed by atoms with Gasteiger partial charge in [-0.3, -0.25) is 9.59 Å². The lowest BCUT2D eigenvalue weighted by atomic mass is 9.89. The van der Waals surface area contributed by atoms with Crippen molar-refractivity contribution in [2.45, 2.75) is 25.2 Å². The Morgan fingerprint density at radius 3 is 2.78 bits per heavy atom. The van der Waals surface area contributed by atoms with Gasteiger partial charge >= 0.3 is 0 Å². The summed E-state index contributed by atoms with van der Waals surface area (Å²) in [5.74, 6) is -4.06. The highest BCUT2D eigenvalue weighted by Crippen LogP contribution is 2.27. The van der Waals surface area contributed by atoms with Crippen LogP contribution in [-0.4, -0.2) is 30.8 Å². The number of nitrogens with two attached hydrogens (primary N) is 1. The van der Waals surface area contributed by atoms with E-state index in [0.717, 1.165) is 11.3 Å². The van der Waals surface area contributed by atoms with Gasteiger partial charge in [0, 0.05) is 18.0 Å². The summed E-state index contributed by atoms with van der Waals surface area (Å²) in [4.78, 5) is 23.5. The maximum absolute atomic E-state index is 12.9. The summed E-state index contributed by atoms with van der Waals surface area (Å²) >= 11 is 0. The number of halogens is 3. The third-order valence-corrected chi connectivity index (χ3v) is 3.68. The van der Waals surface area contributed by atoms with Gasteiger partial charge in [-0.15, -0.1) is 12.4 Å². The highest BCUT2D eigenvalue weighted by molar-refractivity contribution is 5.96. The second-order valence-corrected chi connectivity index (χ2v) is 5.42. The third kappa shape index (κ3) is 5.44. The number of para-hydroxylation sites is 1. The number of carbonyl (C=O) groups is 2. The van der Waals surface area contributed by atoms with Gasteiger partial charge in [0.25, 0.3) is 5.92 Å². The number of anilines is 1. The molecule has 2 amide bonds. The second kappa shape index (κ2) is 8.21. The van der Waals surface area contributed by atoms with Crippen LogP contribution < -0.4 is 16.4 Å². The van der Waals surface area contributed by atoms with Crippen LogP contribution in [0.5, 0.6) is 0 Å². The number of rotatable bonds is 6. The van der Waals surface area contributed by atoms with Gasteiger partial charge in [0.2, 0.25) is 11.8 Å². The molecule has 0 aromatic heterocycles. The van der Waals surface area contributed by atoms with Crippen molar-refractivity contribution in [3.05, 3.63) is 29.8 Å². The zero-order valence-electron chi connectivity index (χ0n) is 12.5. The highest BCUT2D eigenvalue weighted by Gasteiger charge is 2.28. The molecule has 2 rings (SSSR count). The Balaban J connectivity index is 0.00000264. The molecule has 4 N–H and O–H groups in total.